The average Bonchev–Trinajstić information content (AvgIpc) is 2.89. The normalized spacial score (nSPS) is 14.2. The third-order valence-electron chi connectivity index (χ3n) is 7.66. The zero-order valence-electron chi connectivity index (χ0n) is 25.1. The van der Waals surface area contributed by atoms with Crippen molar-refractivity contribution in [3.8, 4) is 11.5 Å². The Hall–Kier alpha value is -3.65. The Balaban J connectivity index is 1.95. The largest absolute Gasteiger partial charge is 0.507 e. The number of hydrogen-bond donors (Lipinski definition) is 2. The molecular formula is C34H39NO6S. The number of phenolic OH excluding ortho intramolecular Hbond substituents is 2. The Labute approximate surface area is 251 Å². The van der Waals surface area contributed by atoms with Crippen LogP contribution in [-0.4, -0.2) is 26.7 Å². The molecule has 0 spiro atoms. The molecule has 0 bridgehead atoms. The summed E-state index contributed by atoms with van der Waals surface area (Å²) >= 11 is 1.28. The Morgan fingerprint density at radius 3 is 1.71 bits per heavy atom. The standard InChI is InChI=1S/C34H39NO6S/c1-18(2)12-20(5)14-22-16-25(35(40)41)27-29(31(22)36)34(39)28-26(42-24-10-8-7-9-11-24)17-23(15-21(6)13-19(3)4)32(37)30(28)33(27)38/h7-11,16-21,36-37H,12-15H2,1-6H3. The van der Waals surface area contributed by atoms with Crippen molar-refractivity contribution in [2.24, 2.45) is 23.7 Å². The maximum absolute atomic E-state index is 14.2. The second kappa shape index (κ2) is 12.7. The zero-order valence-corrected chi connectivity index (χ0v) is 25.9. The number of rotatable bonds is 11. The van der Waals surface area contributed by atoms with Crippen LogP contribution in [0.15, 0.2) is 52.3 Å². The first-order valence-electron chi connectivity index (χ1n) is 14.5. The smallest absolute Gasteiger partial charge is 0.281 e. The van der Waals surface area contributed by atoms with Gasteiger partial charge in [-0.05, 0) is 73.1 Å². The topological polar surface area (TPSA) is 118 Å². The van der Waals surface area contributed by atoms with E-state index in [0.717, 1.165) is 17.7 Å². The van der Waals surface area contributed by atoms with E-state index in [9.17, 15) is 29.9 Å². The molecule has 1 aliphatic rings. The molecule has 3 aromatic rings. The molecule has 0 amide bonds. The lowest BCUT2D eigenvalue weighted by atomic mass is 9.78. The number of nitro groups is 1. The summed E-state index contributed by atoms with van der Waals surface area (Å²) in [5.41, 5.74) is -0.847. The first-order valence-corrected chi connectivity index (χ1v) is 15.4. The molecule has 0 saturated heterocycles. The van der Waals surface area contributed by atoms with Crippen LogP contribution in [0, 0.1) is 33.8 Å². The van der Waals surface area contributed by atoms with Gasteiger partial charge in [0.25, 0.3) is 5.69 Å². The summed E-state index contributed by atoms with van der Waals surface area (Å²) in [5.74, 6) is -1.19. The lowest BCUT2D eigenvalue weighted by Crippen LogP contribution is -2.25. The first kappa shape index (κ1) is 31.3. The summed E-state index contributed by atoms with van der Waals surface area (Å²) < 4.78 is 0. The molecule has 0 heterocycles. The second-order valence-corrected chi connectivity index (χ2v) is 13.6. The van der Waals surface area contributed by atoms with Crippen molar-refractivity contribution >= 4 is 29.0 Å². The third kappa shape index (κ3) is 6.38. The maximum atomic E-state index is 14.2. The van der Waals surface area contributed by atoms with Gasteiger partial charge >= 0.3 is 0 Å². The molecule has 7 nitrogen and oxygen atoms in total. The second-order valence-electron chi connectivity index (χ2n) is 12.5. The summed E-state index contributed by atoms with van der Waals surface area (Å²) in [6, 6.07) is 12.3. The van der Waals surface area contributed by atoms with E-state index in [0.29, 0.717) is 35.1 Å². The van der Waals surface area contributed by atoms with Crippen LogP contribution in [0.25, 0.3) is 0 Å². The van der Waals surface area contributed by atoms with Crippen LogP contribution in [0.2, 0.25) is 0 Å². The van der Waals surface area contributed by atoms with E-state index < -0.39 is 33.5 Å². The van der Waals surface area contributed by atoms with E-state index in [-0.39, 0.29) is 39.8 Å². The number of aromatic hydroxyl groups is 2. The molecule has 4 rings (SSSR count). The Bertz CT molecular complexity index is 1530. The number of benzene rings is 3. The molecule has 2 unspecified atom stereocenters. The third-order valence-corrected chi connectivity index (χ3v) is 8.71. The number of nitro benzene ring substituents is 1. The van der Waals surface area contributed by atoms with Crippen molar-refractivity contribution in [2.45, 2.75) is 77.0 Å². The molecule has 0 radical (unpaired) electrons. The van der Waals surface area contributed by atoms with Crippen molar-refractivity contribution in [3.63, 3.8) is 0 Å². The highest BCUT2D eigenvalue weighted by Gasteiger charge is 2.43. The van der Waals surface area contributed by atoms with Gasteiger partial charge in [-0.2, -0.15) is 0 Å². The lowest BCUT2D eigenvalue weighted by Gasteiger charge is -2.25. The van der Waals surface area contributed by atoms with Gasteiger partial charge in [0, 0.05) is 21.4 Å². The minimum atomic E-state index is -0.825. The Morgan fingerprint density at radius 1 is 0.738 bits per heavy atom. The molecule has 0 saturated carbocycles. The Kier molecular flexibility index (Phi) is 9.46. The molecule has 0 fully saturated rings. The van der Waals surface area contributed by atoms with Gasteiger partial charge in [0.1, 0.15) is 17.1 Å². The fourth-order valence-corrected chi connectivity index (χ4v) is 7.28. The van der Waals surface area contributed by atoms with E-state index in [2.05, 4.69) is 34.6 Å². The van der Waals surface area contributed by atoms with Crippen LogP contribution in [0.4, 0.5) is 5.69 Å². The van der Waals surface area contributed by atoms with Gasteiger partial charge in [0.2, 0.25) is 5.78 Å². The van der Waals surface area contributed by atoms with Crippen molar-refractivity contribution in [3.05, 3.63) is 86.0 Å². The highest BCUT2D eigenvalue weighted by Crippen LogP contribution is 2.48. The number of phenols is 2. The number of fused-ring (bicyclic) bond motifs is 2. The van der Waals surface area contributed by atoms with Gasteiger partial charge < -0.3 is 10.2 Å². The minimum absolute atomic E-state index is 0.0314. The first-order chi connectivity index (χ1) is 19.8. The fourth-order valence-electron chi connectivity index (χ4n) is 6.24. The van der Waals surface area contributed by atoms with Crippen molar-refractivity contribution in [1.82, 2.24) is 0 Å². The van der Waals surface area contributed by atoms with E-state index in [1.807, 2.05) is 37.3 Å². The summed E-state index contributed by atoms with van der Waals surface area (Å²) in [5, 5.41) is 35.1. The van der Waals surface area contributed by atoms with E-state index in [1.54, 1.807) is 6.07 Å². The highest BCUT2D eigenvalue weighted by atomic mass is 32.2. The number of carbonyl (C=O) groups excluding carboxylic acids is 2. The number of carbonyl (C=O) groups is 2. The SMILES string of the molecule is CC(C)CC(C)Cc1cc(Sc2ccccc2)c2c(c1O)C(=O)c1c([N+](=O)[O-])cc(CC(C)CC(C)C)c(O)c1C2=O. The van der Waals surface area contributed by atoms with E-state index in [1.165, 1.54) is 17.8 Å². The van der Waals surface area contributed by atoms with Gasteiger partial charge in [-0.15, -0.1) is 0 Å². The van der Waals surface area contributed by atoms with Crippen LogP contribution in [0.5, 0.6) is 11.5 Å². The molecule has 3 aromatic carbocycles. The Morgan fingerprint density at radius 2 is 1.21 bits per heavy atom. The molecule has 222 valence electrons. The molecular weight excluding hydrogens is 550 g/mol. The molecule has 2 atom stereocenters. The summed E-state index contributed by atoms with van der Waals surface area (Å²) in [4.78, 5) is 41.2. The highest BCUT2D eigenvalue weighted by molar-refractivity contribution is 7.99. The van der Waals surface area contributed by atoms with E-state index >= 15 is 0 Å². The molecule has 1 aliphatic carbocycles. The predicted molar refractivity (Wildman–Crippen MR) is 165 cm³/mol. The molecule has 2 N–H and O–H groups in total. The van der Waals surface area contributed by atoms with Crippen LogP contribution in [-0.2, 0) is 12.8 Å². The van der Waals surface area contributed by atoms with E-state index in [4.69, 9.17) is 0 Å². The van der Waals surface area contributed by atoms with Gasteiger partial charge in [0.15, 0.2) is 5.78 Å². The minimum Gasteiger partial charge on any atom is -0.507 e. The summed E-state index contributed by atoms with van der Waals surface area (Å²) in [6.45, 7) is 12.4. The number of nitrogens with zero attached hydrogens (tertiary/aromatic N) is 1. The molecule has 0 aliphatic heterocycles. The van der Waals surface area contributed by atoms with Crippen LogP contribution in [0.1, 0.15) is 97.4 Å². The predicted octanol–water partition coefficient (Wildman–Crippen LogP) is 8.38. The average molecular weight is 590 g/mol. The zero-order chi connectivity index (χ0) is 30.9. The maximum Gasteiger partial charge on any atom is 0.281 e. The van der Waals surface area contributed by atoms with Crippen LogP contribution in [0.3, 0.4) is 0 Å². The van der Waals surface area contributed by atoms with Gasteiger partial charge in [-0.1, -0.05) is 71.5 Å². The fraction of sp³-hybridized carbons (Fsp3) is 0.412. The summed E-state index contributed by atoms with van der Waals surface area (Å²) in [6.07, 6.45) is 2.50. The quantitative estimate of drug-likeness (QED) is 0.133. The number of hydrogen-bond acceptors (Lipinski definition) is 7. The lowest BCUT2D eigenvalue weighted by molar-refractivity contribution is -0.385. The molecule has 8 heteroatoms. The number of ketones is 2. The summed E-state index contributed by atoms with van der Waals surface area (Å²) in [7, 11) is 0. The van der Waals surface area contributed by atoms with Gasteiger partial charge in [-0.25, -0.2) is 0 Å². The van der Waals surface area contributed by atoms with Crippen LogP contribution < -0.4 is 0 Å². The van der Waals surface area contributed by atoms with Crippen molar-refractivity contribution in [1.29, 1.82) is 0 Å². The van der Waals surface area contributed by atoms with Crippen LogP contribution >= 0.6 is 11.8 Å². The van der Waals surface area contributed by atoms with Gasteiger partial charge in [0.05, 0.1) is 21.6 Å². The van der Waals surface area contributed by atoms with Crippen molar-refractivity contribution in [2.75, 3.05) is 0 Å². The monoisotopic (exact) mass is 589 g/mol. The van der Waals surface area contributed by atoms with Gasteiger partial charge in [-0.3, -0.25) is 19.7 Å². The molecule has 0 aromatic heterocycles. The molecule has 42 heavy (non-hydrogen) atoms. The van der Waals surface area contributed by atoms with Crippen molar-refractivity contribution < 1.29 is 24.7 Å².